The van der Waals surface area contributed by atoms with Gasteiger partial charge in [0.1, 0.15) is 5.82 Å². The van der Waals surface area contributed by atoms with Crippen molar-refractivity contribution in [3.05, 3.63) is 24.0 Å². The van der Waals surface area contributed by atoms with E-state index in [4.69, 9.17) is 0 Å². The van der Waals surface area contributed by atoms with Crippen LogP contribution in [0.5, 0.6) is 0 Å². The molecule has 116 valence electrons. The number of hydrogen-bond donors (Lipinski definition) is 2. The lowest BCUT2D eigenvalue weighted by Gasteiger charge is -2.31. The summed E-state index contributed by atoms with van der Waals surface area (Å²) in [6.07, 6.45) is 0. The molecule has 1 amide bonds. The van der Waals surface area contributed by atoms with Crippen molar-refractivity contribution in [1.29, 1.82) is 0 Å². The number of halogens is 1. The Balaban J connectivity index is 2.33. The van der Waals surface area contributed by atoms with Crippen LogP contribution in [-0.4, -0.2) is 44.3 Å². The largest absolute Gasteiger partial charge is 0.324 e. The number of amides is 1. The SMILES string of the molecule is CC(=O)Nc1cc(S(=O)(=O)N2CCNC(C)C2)ccc1F. The number of benzene rings is 1. The van der Waals surface area contributed by atoms with Gasteiger partial charge in [0.2, 0.25) is 15.9 Å². The van der Waals surface area contributed by atoms with Crippen molar-refractivity contribution < 1.29 is 17.6 Å². The highest BCUT2D eigenvalue weighted by molar-refractivity contribution is 7.89. The Labute approximate surface area is 123 Å². The Kier molecular flexibility index (Phi) is 4.60. The highest BCUT2D eigenvalue weighted by atomic mass is 32.2. The molecule has 0 bridgehead atoms. The summed E-state index contributed by atoms with van der Waals surface area (Å²) in [6, 6.07) is 3.47. The van der Waals surface area contributed by atoms with Crippen LogP contribution in [0.2, 0.25) is 0 Å². The molecule has 0 radical (unpaired) electrons. The zero-order valence-corrected chi connectivity index (χ0v) is 12.7. The first kappa shape index (κ1) is 15.9. The van der Waals surface area contributed by atoms with Crippen molar-refractivity contribution >= 4 is 21.6 Å². The average Bonchev–Trinajstić information content (AvgIpc) is 2.40. The van der Waals surface area contributed by atoms with E-state index in [2.05, 4.69) is 10.6 Å². The molecule has 1 atom stereocenters. The van der Waals surface area contributed by atoms with Crippen LogP contribution < -0.4 is 10.6 Å². The predicted molar refractivity (Wildman–Crippen MR) is 76.9 cm³/mol. The van der Waals surface area contributed by atoms with Gasteiger partial charge in [-0.15, -0.1) is 0 Å². The Morgan fingerprint density at radius 1 is 1.48 bits per heavy atom. The van der Waals surface area contributed by atoms with E-state index in [1.54, 1.807) is 0 Å². The molecule has 0 aromatic heterocycles. The number of anilines is 1. The molecule has 0 spiro atoms. The zero-order valence-electron chi connectivity index (χ0n) is 11.9. The average molecular weight is 315 g/mol. The van der Waals surface area contributed by atoms with Gasteiger partial charge in [-0.3, -0.25) is 4.79 Å². The van der Waals surface area contributed by atoms with Crippen molar-refractivity contribution in [2.45, 2.75) is 24.8 Å². The molecule has 6 nitrogen and oxygen atoms in total. The molecule has 1 aromatic rings. The van der Waals surface area contributed by atoms with Gasteiger partial charge in [-0.2, -0.15) is 4.31 Å². The number of piperazine rings is 1. The van der Waals surface area contributed by atoms with E-state index in [0.717, 1.165) is 12.1 Å². The van der Waals surface area contributed by atoms with Crippen LogP contribution >= 0.6 is 0 Å². The number of nitrogens with one attached hydrogen (secondary N) is 2. The second-order valence-electron chi connectivity index (χ2n) is 5.04. The smallest absolute Gasteiger partial charge is 0.243 e. The molecule has 1 fully saturated rings. The summed E-state index contributed by atoms with van der Waals surface area (Å²) in [5.41, 5.74) is -0.133. The Morgan fingerprint density at radius 2 is 2.19 bits per heavy atom. The van der Waals surface area contributed by atoms with E-state index in [9.17, 15) is 17.6 Å². The molecule has 8 heteroatoms. The minimum absolute atomic E-state index is 0.0262. The van der Waals surface area contributed by atoms with Gasteiger partial charge >= 0.3 is 0 Å². The third-order valence-electron chi connectivity index (χ3n) is 3.22. The summed E-state index contributed by atoms with van der Waals surface area (Å²) in [5.74, 6) is -1.13. The van der Waals surface area contributed by atoms with E-state index >= 15 is 0 Å². The number of carbonyl (C=O) groups is 1. The lowest BCUT2D eigenvalue weighted by molar-refractivity contribution is -0.114. The summed E-state index contributed by atoms with van der Waals surface area (Å²) in [4.78, 5) is 11.0. The lowest BCUT2D eigenvalue weighted by atomic mass is 10.3. The first-order valence-corrected chi connectivity index (χ1v) is 8.05. The Bertz CT molecular complexity index is 648. The Hall–Kier alpha value is -1.51. The molecule has 2 rings (SSSR count). The van der Waals surface area contributed by atoms with Gasteiger partial charge in [0.15, 0.2) is 0 Å². The number of sulfonamides is 1. The molecule has 21 heavy (non-hydrogen) atoms. The third kappa shape index (κ3) is 3.58. The second kappa shape index (κ2) is 6.08. The second-order valence-corrected chi connectivity index (χ2v) is 6.98. The lowest BCUT2D eigenvalue weighted by Crippen LogP contribution is -2.51. The van der Waals surface area contributed by atoms with Crippen LogP contribution in [0.15, 0.2) is 23.1 Å². The maximum Gasteiger partial charge on any atom is 0.243 e. The summed E-state index contributed by atoms with van der Waals surface area (Å²) in [7, 11) is -3.69. The fraction of sp³-hybridized carbons (Fsp3) is 0.462. The number of hydrogen-bond acceptors (Lipinski definition) is 4. The van der Waals surface area contributed by atoms with E-state index in [-0.39, 0.29) is 16.6 Å². The standard InChI is InChI=1S/C13H18FN3O3S/c1-9-8-17(6-5-15-9)21(19,20)11-3-4-12(14)13(7-11)16-10(2)18/h3-4,7,9,15H,5-6,8H2,1-2H3,(H,16,18). The number of rotatable bonds is 3. The highest BCUT2D eigenvalue weighted by Crippen LogP contribution is 2.23. The highest BCUT2D eigenvalue weighted by Gasteiger charge is 2.29. The van der Waals surface area contributed by atoms with Crippen molar-refractivity contribution in [1.82, 2.24) is 9.62 Å². The van der Waals surface area contributed by atoms with Gasteiger partial charge in [0.05, 0.1) is 10.6 Å². The molecular formula is C13H18FN3O3S. The predicted octanol–water partition coefficient (Wildman–Crippen LogP) is 0.767. The molecule has 0 saturated carbocycles. The summed E-state index contributed by atoms with van der Waals surface area (Å²) < 4.78 is 40.0. The van der Waals surface area contributed by atoms with Crippen LogP contribution in [0.1, 0.15) is 13.8 Å². The minimum atomic E-state index is -3.69. The normalized spacial score (nSPS) is 20.2. The third-order valence-corrected chi connectivity index (χ3v) is 5.08. The van der Waals surface area contributed by atoms with Crippen LogP contribution in [0.4, 0.5) is 10.1 Å². The molecule has 1 unspecified atom stereocenters. The monoisotopic (exact) mass is 315 g/mol. The van der Waals surface area contributed by atoms with Crippen molar-refractivity contribution in [3.8, 4) is 0 Å². The van der Waals surface area contributed by atoms with E-state index in [0.29, 0.717) is 19.6 Å². The topological polar surface area (TPSA) is 78.5 Å². The molecule has 1 aliphatic rings. The first-order chi connectivity index (χ1) is 9.80. The quantitative estimate of drug-likeness (QED) is 0.863. The summed E-state index contributed by atoms with van der Waals surface area (Å²) in [5, 5.41) is 5.45. The molecule has 1 aromatic carbocycles. The van der Waals surface area contributed by atoms with Crippen LogP contribution in [0.3, 0.4) is 0 Å². The van der Waals surface area contributed by atoms with Crippen LogP contribution in [0.25, 0.3) is 0 Å². The number of nitrogens with zero attached hydrogens (tertiary/aromatic N) is 1. The first-order valence-electron chi connectivity index (χ1n) is 6.61. The van der Waals surface area contributed by atoms with E-state index < -0.39 is 21.7 Å². The van der Waals surface area contributed by atoms with Gasteiger partial charge in [-0.05, 0) is 25.1 Å². The maximum absolute atomic E-state index is 13.6. The van der Waals surface area contributed by atoms with Gasteiger partial charge in [0, 0.05) is 32.6 Å². The van der Waals surface area contributed by atoms with E-state index in [1.807, 2.05) is 6.92 Å². The van der Waals surface area contributed by atoms with Gasteiger partial charge in [0.25, 0.3) is 0 Å². The van der Waals surface area contributed by atoms with E-state index in [1.165, 1.54) is 17.3 Å². The van der Waals surface area contributed by atoms with Crippen LogP contribution in [-0.2, 0) is 14.8 Å². The summed E-state index contributed by atoms with van der Waals surface area (Å²) >= 11 is 0. The fourth-order valence-electron chi connectivity index (χ4n) is 2.21. The van der Waals surface area contributed by atoms with Gasteiger partial charge in [-0.25, -0.2) is 12.8 Å². The number of carbonyl (C=O) groups excluding carboxylic acids is 1. The van der Waals surface area contributed by atoms with Crippen molar-refractivity contribution in [3.63, 3.8) is 0 Å². The van der Waals surface area contributed by atoms with Gasteiger partial charge in [-0.1, -0.05) is 0 Å². The molecule has 2 N–H and O–H groups in total. The molecule has 1 heterocycles. The Morgan fingerprint density at radius 3 is 2.81 bits per heavy atom. The minimum Gasteiger partial charge on any atom is -0.324 e. The maximum atomic E-state index is 13.6. The fourth-order valence-corrected chi connectivity index (χ4v) is 3.77. The summed E-state index contributed by atoms with van der Waals surface area (Å²) in [6.45, 7) is 4.42. The van der Waals surface area contributed by atoms with Crippen LogP contribution in [0, 0.1) is 5.82 Å². The molecule has 0 aliphatic carbocycles. The van der Waals surface area contributed by atoms with Crippen molar-refractivity contribution in [2.75, 3.05) is 25.0 Å². The molecule has 1 aliphatic heterocycles. The van der Waals surface area contributed by atoms with Gasteiger partial charge < -0.3 is 10.6 Å². The molecule has 1 saturated heterocycles. The van der Waals surface area contributed by atoms with Crippen molar-refractivity contribution in [2.24, 2.45) is 0 Å². The molecular weight excluding hydrogens is 297 g/mol. The zero-order chi connectivity index (χ0) is 15.6.